The van der Waals surface area contributed by atoms with Crippen molar-refractivity contribution in [2.75, 3.05) is 18.4 Å². The van der Waals surface area contributed by atoms with Gasteiger partial charge in [-0.05, 0) is 55.3 Å². The molecule has 31 heavy (non-hydrogen) atoms. The van der Waals surface area contributed by atoms with Gasteiger partial charge in [-0.2, -0.15) is 0 Å². The van der Waals surface area contributed by atoms with Gasteiger partial charge in [0.15, 0.2) is 0 Å². The normalized spacial score (nSPS) is 19.6. The van der Waals surface area contributed by atoms with Crippen LogP contribution in [0.3, 0.4) is 0 Å². The van der Waals surface area contributed by atoms with Crippen LogP contribution < -0.4 is 5.32 Å². The zero-order valence-corrected chi connectivity index (χ0v) is 18.7. The molecular weight excluding hydrogens is 417 g/mol. The zero-order chi connectivity index (χ0) is 22.5. The SMILES string of the molecule is CC(=O)Nc1cc(Cl)ccc1C=CC(=O)N1C[C@H](C)N(Cc2ccc(F)cc2)C[C@H]1C. The molecule has 0 aliphatic carbocycles. The van der Waals surface area contributed by atoms with Crippen molar-refractivity contribution >= 4 is 35.2 Å². The summed E-state index contributed by atoms with van der Waals surface area (Å²) in [5, 5.41) is 3.24. The summed E-state index contributed by atoms with van der Waals surface area (Å²) in [6.07, 6.45) is 3.24. The van der Waals surface area contributed by atoms with Crippen LogP contribution in [0.4, 0.5) is 10.1 Å². The Morgan fingerprint density at radius 1 is 1.13 bits per heavy atom. The van der Waals surface area contributed by atoms with Crippen LogP contribution in [-0.4, -0.2) is 46.8 Å². The lowest BCUT2D eigenvalue weighted by molar-refractivity contribution is -0.131. The van der Waals surface area contributed by atoms with Gasteiger partial charge in [-0.25, -0.2) is 4.39 Å². The highest BCUT2D eigenvalue weighted by Crippen LogP contribution is 2.23. The summed E-state index contributed by atoms with van der Waals surface area (Å²) in [5.41, 5.74) is 2.33. The minimum absolute atomic E-state index is 0.0360. The van der Waals surface area contributed by atoms with Gasteiger partial charge in [0, 0.05) is 55.4 Å². The molecule has 2 aromatic carbocycles. The average molecular weight is 444 g/mol. The van der Waals surface area contributed by atoms with Crippen LogP contribution in [0.1, 0.15) is 31.9 Å². The largest absolute Gasteiger partial charge is 0.334 e. The van der Waals surface area contributed by atoms with Crippen molar-refractivity contribution in [2.45, 2.75) is 39.4 Å². The van der Waals surface area contributed by atoms with Gasteiger partial charge in [0.25, 0.3) is 0 Å². The number of piperazine rings is 1. The molecular formula is C24H27ClFN3O2. The van der Waals surface area contributed by atoms with Gasteiger partial charge in [0.2, 0.25) is 11.8 Å². The first-order chi connectivity index (χ1) is 14.7. The van der Waals surface area contributed by atoms with Crippen LogP contribution in [0.2, 0.25) is 5.02 Å². The number of anilines is 1. The predicted octanol–water partition coefficient (Wildman–Crippen LogP) is 4.57. The molecule has 0 unspecified atom stereocenters. The summed E-state index contributed by atoms with van der Waals surface area (Å²) in [5.74, 6) is -0.526. The number of benzene rings is 2. The van der Waals surface area contributed by atoms with Gasteiger partial charge in [-0.3, -0.25) is 14.5 Å². The zero-order valence-electron chi connectivity index (χ0n) is 17.9. The van der Waals surface area contributed by atoms with Gasteiger partial charge in [-0.15, -0.1) is 0 Å². The van der Waals surface area contributed by atoms with Gasteiger partial charge in [0.05, 0.1) is 0 Å². The Kier molecular flexibility index (Phi) is 7.46. The van der Waals surface area contributed by atoms with E-state index >= 15 is 0 Å². The lowest BCUT2D eigenvalue weighted by Gasteiger charge is -2.44. The fourth-order valence-electron chi connectivity index (χ4n) is 3.78. The van der Waals surface area contributed by atoms with Crippen molar-refractivity contribution in [2.24, 2.45) is 0 Å². The maximum absolute atomic E-state index is 13.2. The third kappa shape index (κ3) is 6.15. The van der Waals surface area contributed by atoms with Crippen LogP contribution in [-0.2, 0) is 16.1 Å². The van der Waals surface area contributed by atoms with E-state index < -0.39 is 0 Å². The second-order valence-electron chi connectivity index (χ2n) is 7.99. The summed E-state index contributed by atoms with van der Waals surface area (Å²) >= 11 is 6.03. The molecule has 0 saturated carbocycles. The van der Waals surface area contributed by atoms with E-state index in [-0.39, 0.29) is 29.7 Å². The molecule has 1 saturated heterocycles. The molecule has 1 fully saturated rings. The van der Waals surface area contributed by atoms with E-state index in [1.807, 2.05) is 11.8 Å². The molecule has 1 aliphatic heterocycles. The Morgan fingerprint density at radius 2 is 1.84 bits per heavy atom. The molecule has 0 aromatic heterocycles. The molecule has 2 aromatic rings. The van der Waals surface area contributed by atoms with Crippen molar-refractivity contribution in [1.29, 1.82) is 0 Å². The number of nitrogens with zero attached hydrogens (tertiary/aromatic N) is 2. The van der Waals surface area contributed by atoms with E-state index in [0.29, 0.717) is 29.4 Å². The maximum atomic E-state index is 13.2. The van der Waals surface area contributed by atoms with Crippen molar-refractivity contribution in [3.63, 3.8) is 0 Å². The Balaban J connectivity index is 1.66. The monoisotopic (exact) mass is 443 g/mol. The number of hydrogen-bond acceptors (Lipinski definition) is 3. The van der Waals surface area contributed by atoms with Gasteiger partial charge >= 0.3 is 0 Å². The van der Waals surface area contributed by atoms with E-state index in [1.54, 1.807) is 36.4 Å². The molecule has 2 atom stereocenters. The molecule has 1 aliphatic rings. The summed E-state index contributed by atoms with van der Waals surface area (Å²) in [6.45, 7) is 7.59. The summed E-state index contributed by atoms with van der Waals surface area (Å²) in [6, 6.07) is 11.9. The number of hydrogen-bond donors (Lipinski definition) is 1. The van der Waals surface area contributed by atoms with Crippen LogP contribution in [0.25, 0.3) is 6.08 Å². The molecule has 3 rings (SSSR count). The van der Waals surface area contributed by atoms with Crippen molar-refractivity contribution in [3.05, 3.63) is 70.5 Å². The topological polar surface area (TPSA) is 52.7 Å². The predicted molar refractivity (Wildman–Crippen MR) is 122 cm³/mol. The maximum Gasteiger partial charge on any atom is 0.246 e. The third-order valence-corrected chi connectivity index (χ3v) is 5.66. The van der Waals surface area contributed by atoms with Crippen LogP contribution in [0.15, 0.2) is 48.5 Å². The Bertz CT molecular complexity index is 977. The number of amides is 2. The van der Waals surface area contributed by atoms with Crippen LogP contribution >= 0.6 is 11.6 Å². The van der Waals surface area contributed by atoms with E-state index in [4.69, 9.17) is 11.6 Å². The van der Waals surface area contributed by atoms with E-state index in [9.17, 15) is 14.0 Å². The van der Waals surface area contributed by atoms with E-state index in [1.165, 1.54) is 25.1 Å². The number of carbonyl (C=O) groups is 2. The van der Waals surface area contributed by atoms with Crippen molar-refractivity contribution in [3.8, 4) is 0 Å². The molecule has 7 heteroatoms. The number of carbonyl (C=O) groups excluding carboxylic acids is 2. The minimum Gasteiger partial charge on any atom is -0.334 e. The number of halogens is 2. The lowest BCUT2D eigenvalue weighted by Crippen LogP contribution is -2.57. The lowest BCUT2D eigenvalue weighted by atomic mass is 10.1. The molecule has 1 N–H and O–H groups in total. The minimum atomic E-state index is -0.241. The molecule has 2 amide bonds. The highest BCUT2D eigenvalue weighted by atomic mass is 35.5. The second-order valence-corrected chi connectivity index (χ2v) is 8.43. The van der Waals surface area contributed by atoms with Crippen molar-refractivity contribution in [1.82, 2.24) is 9.80 Å². The van der Waals surface area contributed by atoms with E-state index in [0.717, 1.165) is 12.1 Å². The first-order valence-electron chi connectivity index (χ1n) is 10.3. The number of nitrogens with one attached hydrogen (secondary N) is 1. The molecule has 0 spiro atoms. The first kappa shape index (κ1) is 23.0. The smallest absolute Gasteiger partial charge is 0.246 e. The fourth-order valence-corrected chi connectivity index (χ4v) is 3.95. The highest BCUT2D eigenvalue weighted by Gasteiger charge is 2.31. The molecule has 0 bridgehead atoms. The molecule has 5 nitrogen and oxygen atoms in total. The Morgan fingerprint density at radius 3 is 2.52 bits per heavy atom. The standard InChI is InChI=1S/C24H27ClFN3O2/c1-16-14-29(17(2)13-28(16)15-19-4-9-22(26)10-5-19)24(31)11-7-20-6-8-21(25)12-23(20)27-18(3)30/h4-12,16-17H,13-15H2,1-3H3,(H,27,30)/t16-,17+/m0/s1. The van der Waals surface area contributed by atoms with Gasteiger partial charge in [0.1, 0.15) is 5.82 Å². The number of rotatable bonds is 5. The van der Waals surface area contributed by atoms with Gasteiger partial charge in [-0.1, -0.05) is 29.8 Å². The van der Waals surface area contributed by atoms with E-state index in [2.05, 4.69) is 17.1 Å². The second kappa shape index (κ2) is 10.1. The Hall–Kier alpha value is -2.70. The summed E-state index contributed by atoms with van der Waals surface area (Å²) in [4.78, 5) is 28.5. The van der Waals surface area contributed by atoms with Gasteiger partial charge < -0.3 is 10.2 Å². The first-order valence-corrected chi connectivity index (χ1v) is 10.6. The summed E-state index contributed by atoms with van der Waals surface area (Å²) in [7, 11) is 0. The Labute approximate surface area is 187 Å². The molecule has 164 valence electrons. The van der Waals surface area contributed by atoms with Crippen LogP contribution in [0, 0.1) is 5.82 Å². The molecule has 0 radical (unpaired) electrons. The summed E-state index contributed by atoms with van der Waals surface area (Å²) < 4.78 is 13.2. The third-order valence-electron chi connectivity index (χ3n) is 5.43. The quantitative estimate of drug-likeness (QED) is 0.688. The molecule has 1 heterocycles. The van der Waals surface area contributed by atoms with Crippen LogP contribution in [0.5, 0.6) is 0 Å². The average Bonchev–Trinajstić information content (AvgIpc) is 2.71. The van der Waals surface area contributed by atoms with Crippen molar-refractivity contribution < 1.29 is 14.0 Å². The highest BCUT2D eigenvalue weighted by molar-refractivity contribution is 6.31. The fraction of sp³-hybridized carbons (Fsp3) is 0.333.